The summed E-state index contributed by atoms with van der Waals surface area (Å²) in [6, 6.07) is 0. The molecule has 1 aliphatic rings. The van der Waals surface area contributed by atoms with Gasteiger partial charge in [0.05, 0.1) is 32.3 Å². The van der Waals surface area contributed by atoms with Gasteiger partial charge in [-0.1, -0.05) is 0 Å². The highest BCUT2D eigenvalue weighted by Gasteiger charge is 2.42. The SMILES string of the molecule is CC(=O)CN(CC(C)=O)CC(=O)NCCO[C@@H]1O[C@@H](C)[C@@H](O)[C@@H](O)[C@@H]1O. The maximum atomic E-state index is 11.9. The van der Waals surface area contributed by atoms with Crippen LogP contribution < -0.4 is 5.32 Å². The number of nitrogens with one attached hydrogen (secondary N) is 1. The van der Waals surface area contributed by atoms with E-state index in [0.717, 1.165) is 0 Å². The number of ketones is 2. The second kappa shape index (κ2) is 10.7. The van der Waals surface area contributed by atoms with Crippen molar-refractivity contribution in [2.75, 3.05) is 32.8 Å². The van der Waals surface area contributed by atoms with E-state index in [9.17, 15) is 29.7 Å². The molecule has 4 N–H and O–H groups in total. The zero-order chi connectivity index (χ0) is 19.9. The molecule has 0 aromatic heterocycles. The van der Waals surface area contributed by atoms with Crippen LogP contribution in [0.1, 0.15) is 20.8 Å². The van der Waals surface area contributed by atoms with Crippen LogP contribution in [0.2, 0.25) is 0 Å². The monoisotopic (exact) mass is 376 g/mol. The first-order chi connectivity index (χ1) is 12.1. The third-order valence-corrected chi connectivity index (χ3v) is 3.77. The van der Waals surface area contributed by atoms with Crippen molar-refractivity contribution >= 4 is 17.5 Å². The van der Waals surface area contributed by atoms with Gasteiger partial charge in [0.15, 0.2) is 6.29 Å². The first-order valence-electron chi connectivity index (χ1n) is 8.41. The molecule has 1 heterocycles. The predicted octanol–water partition coefficient (Wildman–Crippen LogP) is -2.57. The van der Waals surface area contributed by atoms with Gasteiger partial charge in [-0.25, -0.2) is 0 Å². The molecule has 1 saturated heterocycles. The number of nitrogens with zero attached hydrogens (tertiary/aromatic N) is 1. The molecule has 1 amide bonds. The van der Waals surface area contributed by atoms with E-state index in [4.69, 9.17) is 9.47 Å². The van der Waals surface area contributed by atoms with Crippen LogP contribution in [0.5, 0.6) is 0 Å². The van der Waals surface area contributed by atoms with Gasteiger partial charge in [0.1, 0.15) is 29.9 Å². The molecule has 0 aliphatic carbocycles. The van der Waals surface area contributed by atoms with E-state index in [-0.39, 0.29) is 50.3 Å². The van der Waals surface area contributed by atoms with Gasteiger partial charge >= 0.3 is 0 Å². The number of aliphatic hydroxyl groups excluding tert-OH is 3. The summed E-state index contributed by atoms with van der Waals surface area (Å²) in [5, 5.41) is 31.6. The van der Waals surface area contributed by atoms with Crippen LogP contribution in [0.25, 0.3) is 0 Å². The highest BCUT2D eigenvalue weighted by Crippen LogP contribution is 2.21. The zero-order valence-corrected chi connectivity index (χ0v) is 15.3. The summed E-state index contributed by atoms with van der Waals surface area (Å²) in [5.74, 6) is -0.689. The smallest absolute Gasteiger partial charge is 0.234 e. The van der Waals surface area contributed by atoms with Crippen molar-refractivity contribution in [1.29, 1.82) is 0 Å². The number of amides is 1. The van der Waals surface area contributed by atoms with E-state index in [1.54, 1.807) is 0 Å². The number of ether oxygens (including phenoxy) is 2. The summed E-state index contributed by atoms with van der Waals surface area (Å²) in [5.41, 5.74) is 0. The summed E-state index contributed by atoms with van der Waals surface area (Å²) < 4.78 is 10.6. The molecule has 1 rings (SSSR count). The summed E-state index contributed by atoms with van der Waals surface area (Å²) in [6.45, 7) is 4.30. The van der Waals surface area contributed by atoms with Crippen LogP contribution in [-0.2, 0) is 23.9 Å². The van der Waals surface area contributed by atoms with Gasteiger partial charge in [0.25, 0.3) is 0 Å². The van der Waals surface area contributed by atoms with Crippen LogP contribution in [0.3, 0.4) is 0 Å². The molecular weight excluding hydrogens is 348 g/mol. The van der Waals surface area contributed by atoms with Gasteiger partial charge < -0.3 is 30.1 Å². The van der Waals surface area contributed by atoms with Crippen LogP contribution >= 0.6 is 0 Å². The Labute approximate surface area is 152 Å². The molecular formula is C16H28N2O8. The lowest BCUT2D eigenvalue weighted by molar-refractivity contribution is -0.292. The van der Waals surface area contributed by atoms with Crippen molar-refractivity contribution in [3.05, 3.63) is 0 Å². The van der Waals surface area contributed by atoms with Gasteiger partial charge in [0.2, 0.25) is 5.91 Å². The van der Waals surface area contributed by atoms with Crippen LogP contribution in [0.15, 0.2) is 0 Å². The van der Waals surface area contributed by atoms with Crippen molar-refractivity contribution < 1.29 is 39.2 Å². The van der Waals surface area contributed by atoms with E-state index in [0.29, 0.717) is 0 Å². The topological polar surface area (TPSA) is 146 Å². The number of hydrogen-bond donors (Lipinski definition) is 4. The van der Waals surface area contributed by atoms with E-state index in [2.05, 4.69) is 5.32 Å². The average Bonchev–Trinajstić information content (AvgIpc) is 2.52. The molecule has 1 fully saturated rings. The minimum atomic E-state index is -1.40. The molecule has 0 saturated carbocycles. The second-order valence-electron chi connectivity index (χ2n) is 6.45. The van der Waals surface area contributed by atoms with E-state index >= 15 is 0 Å². The summed E-state index contributed by atoms with van der Waals surface area (Å²) >= 11 is 0. The van der Waals surface area contributed by atoms with Gasteiger partial charge in [-0.15, -0.1) is 0 Å². The average molecular weight is 376 g/mol. The second-order valence-corrected chi connectivity index (χ2v) is 6.45. The van der Waals surface area contributed by atoms with Gasteiger partial charge in [-0.3, -0.25) is 19.3 Å². The normalized spacial score (nSPS) is 28.8. The number of Topliss-reactive ketones (excluding diaryl/α,β-unsaturated/α-hetero) is 2. The number of hydrogen-bond acceptors (Lipinski definition) is 9. The maximum Gasteiger partial charge on any atom is 0.234 e. The lowest BCUT2D eigenvalue weighted by Crippen LogP contribution is -2.57. The summed E-state index contributed by atoms with van der Waals surface area (Å²) in [7, 11) is 0. The molecule has 0 spiro atoms. The molecule has 10 nitrogen and oxygen atoms in total. The molecule has 150 valence electrons. The highest BCUT2D eigenvalue weighted by atomic mass is 16.7. The predicted molar refractivity (Wildman–Crippen MR) is 89.1 cm³/mol. The molecule has 0 aromatic rings. The molecule has 0 unspecified atom stereocenters. The fourth-order valence-electron chi connectivity index (χ4n) is 2.57. The van der Waals surface area contributed by atoms with Crippen LogP contribution in [-0.4, -0.2) is 101 Å². The fourth-order valence-corrected chi connectivity index (χ4v) is 2.57. The number of carbonyl (C=O) groups excluding carboxylic acids is 3. The first-order valence-corrected chi connectivity index (χ1v) is 8.41. The molecule has 26 heavy (non-hydrogen) atoms. The molecule has 0 aromatic carbocycles. The molecule has 5 atom stereocenters. The molecule has 0 bridgehead atoms. The summed E-state index contributed by atoms with van der Waals surface area (Å²) in [4.78, 5) is 35.7. The third kappa shape index (κ3) is 7.44. The van der Waals surface area contributed by atoms with E-state index in [1.165, 1.54) is 25.7 Å². The van der Waals surface area contributed by atoms with Gasteiger partial charge in [0, 0.05) is 6.54 Å². The van der Waals surface area contributed by atoms with Crippen molar-refractivity contribution in [3.63, 3.8) is 0 Å². The Morgan fingerprint density at radius 1 is 1.00 bits per heavy atom. The maximum absolute atomic E-state index is 11.9. The summed E-state index contributed by atoms with van der Waals surface area (Å²) in [6.07, 6.45) is -5.83. The number of rotatable bonds is 10. The Morgan fingerprint density at radius 2 is 1.58 bits per heavy atom. The standard InChI is InChI=1S/C16H28N2O8/c1-9(19)6-18(7-10(2)20)8-12(21)17-4-5-25-16-15(24)14(23)13(22)11(3)26-16/h11,13-16,22-24H,4-8H2,1-3H3,(H,17,21)/t11-,13+,14+,15-,16+/m0/s1. The lowest BCUT2D eigenvalue weighted by Gasteiger charge is -2.38. The largest absolute Gasteiger partial charge is 0.388 e. The van der Waals surface area contributed by atoms with Crippen molar-refractivity contribution in [3.8, 4) is 0 Å². The Morgan fingerprint density at radius 3 is 2.12 bits per heavy atom. The quantitative estimate of drug-likeness (QED) is 0.302. The van der Waals surface area contributed by atoms with E-state index in [1.807, 2.05) is 0 Å². The zero-order valence-electron chi connectivity index (χ0n) is 15.3. The molecule has 0 radical (unpaired) electrons. The third-order valence-electron chi connectivity index (χ3n) is 3.77. The highest BCUT2D eigenvalue weighted by molar-refractivity contribution is 5.83. The Bertz CT molecular complexity index is 485. The molecule has 1 aliphatic heterocycles. The Balaban J connectivity index is 2.34. The van der Waals surface area contributed by atoms with Crippen molar-refractivity contribution in [2.24, 2.45) is 0 Å². The Kier molecular flexibility index (Phi) is 9.27. The van der Waals surface area contributed by atoms with Gasteiger partial charge in [-0.2, -0.15) is 0 Å². The van der Waals surface area contributed by atoms with Crippen LogP contribution in [0, 0.1) is 0 Å². The lowest BCUT2D eigenvalue weighted by atomic mass is 10.0. The molecule has 10 heteroatoms. The minimum absolute atomic E-state index is 0.00240. The van der Waals surface area contributed by atoms with Crippen molar-refractivity contribution in [1.82, 2.24) is 10.2 Å². The minimum Gasteiger partial charge on any atom is -0.388 e. The van der Waals surface area contributed by atoms with Gasteiger partial charge in [-0.05, 0) is 20.8 Å². The fraction of sp³-hybridized carbons (Fsp3) is 0.812. The number of carbonyl (C=O) groups is 3. The Hall–Kier alpha value is -1.43. The number of aliphatic hydroxyl groups is 3. The first kappa shape index (κ1) is 22.6. The van der Waals surface area contributed by atoms with Crippen LogP contribution in [0.4, 0.5) is 0 Å². The van der Waals surface area contributed by atoms with Crippen molar-refractivity contribution in [2.45, 2.75) is 51.5 Å². The van der Waals surface area contributed by atoms with E-state index < -0.39 is 30.7 Å².